The molecular formula is C24H38N6. The number of nitrogens with one attached hydrogen (secondary N) is 4. The van der Waals surface area contributed by atoms with E-state index in [1.807, 2.05) is 0 Å². The van der Waals surface area contributed by atoms with Crippen LogP contribution in [0, 0.1) is 0 Å². The molecule has 4 fully saturated rings. The average molecular weight is 411 g/mol. The van der Waals surface area contributed by atoms with Gasteiger partial charge < -0.3 is 31.1 Å². The maximum absolute atomic E-state index is 3.98. The highest BCUT2D eigenvalue weighted by Gasteiger charge is 2.33. The van der Waals surface area contributed by atoms with E-state index in [2.05, 4.69) is 55.9 Å². The minimum absolute atomic E-state index is 0.636. The third-order valence-corrected chi connectivity index (χ3v) is 8.10. The van der Waals surface area contributed by atoms with Crippen molar-refractivity contribution in [3.8, 4) is 0 Å². The summed E-state index contributed by atoms with van der Waals surface area (Å²) in [7, 11) is 0. The highest BCUT2D eigenvalue weighted by Crippen LogP contribution is 2.29. The molecule has 6 heterocycles. The van der Waals surface area contributed by atoms with Crippen LogP contribution in [0.25, 0.3) is 0 Å². The lowest BCUT2D eigenvalue weighted by Crippen LogP contribution is -2.40. The van der Waals surface area contributed by atoms with Gasteiger partial charge in [-0.05, 0) is 70.6 Å². The lowest BCUT2D eigenvalue weighted by atomic mass is 10.0. The molecule has 6 rings (SSSR count). The molecular weight excluding hydrogens is 372 g/mol. The lowest BCUT2D eigenvalue weighted by molar-refractivity contribution is 0.381. The van der Waals surface area contributed by atoms with E-state index in [-0.39, 0.29) is 0 Å². The van der Waals surface area contributed by atoms with Crippen molar-refractivity contribution in [1.82, 2.24) is 31.1 Å². The van der Waals surface area contributed by atoms with E-state index in [1.165, 1.54) is 82.0 Å². The first-order valence-corrected chi connectivity index (χ1v) is 12.4. The monoisotopic (exact) mass is 410 g/mol. The van der Waals surface area contributed by atoms with Gasteiger partial charge in [0, 0.05) is 72.4 Å². The van der Waals surface area contributed by atoms with Gasteiger partial charge in [0.15, 0.2) is 0 Å². The standard InChI is InChI=1S/C24H38N6/c1-3-19-12-21-5-7-23(27-21)14-29-9-10-30(16-29)15-24-8-6-22(28-24)13-20-4-2-18(26-20)11-17(1)25-19/h9-10,14-15,17-22,25-28H,1-8,11-13,16H2. The summed E-state index contributed by atoms with van der Waals surface area (Å²) in [6.07, 6.45) is 23.3. The van der Waals surface area contributed by atoms with Gasteiger partial charge in [0.05, 0.1) is 6.67 Å². The van der Waals surface area contributed by atoms with Crippen molar-refractivity contribution in [3.63, 3.8) is 0 Å². The number of rotatable bonds is 0. The van der Waals surface area contributed by atoms with E-state index >= 15 is 0 Å². The molecule has 6 aliphatic rings. The second-order valence-corrected chi connectivity index (χ2v) is 10.5. The Hall–Kier alpha value is -1.66. The Morgan fingerprint density at radius 2 is 1.00 bits per heavy atom. The van der Waals surface area contributed by atoms with E-state index in [0.717, 1.165) is 6.67 Å². The maximum Gasteiger partial charge on any atom is 0.0979 e. The van der Waals surface area contributed by atoms with E-state index in [4.69, 9.17) is 0 Å². The molecule has 6 aliphatic heterocycles. The average Bonchev–Trinajstić information content (AvgIpc) is 3.52. The fourth-order valence-corrected chi connectivity index (χ4v) is 6.63. The van der Waals surface area contributed by atoms with Crippen LogP contribution in [0.5, 0.6) is 0 Å². The second kappa shape index (κ2) is 8.12. The van der Waals surface area contributed by atoms with Crippen LogP contribution in [-0.4, -0.2) is 52.7 Å². The summed E-state index contributed by atoms with van der Waals surface area (Å²) in [4.78, 5) is 4.64. The number of allylic oxidation sites excluding steroid dienone is 2. The van der Waals surface area contributed by atoms with Crippen LogP contribution < -0.4 is 21.3 Å². The number of hydrogen-bond acceptors (Lipinski definition) is 6. The molecule has 30 heavy (non-hydrogen) atoms. The molecule has 0 aliphatic carbocycles. The summed E-state index contributed by atoms with van der Waals surface area (Å²) in [5.41, 5.74) is 2.81. The molecule has 6 nitrogen and oxygen atoms in total. The highest BCUT2D eigenvalue weighted by atomic mass is 15.3. The van der Waals surface area contributed by atoms with Crippen LogP contribution in [-0.2, 0) is 0 Å². The number of fused-ring (bicyclic) bond motifs is 10. The zero-order valence-corrected chi connectivity index (χ0v) is 18.2. The predicted octanol–water partition coefficient (Wildman–Crippen LogP) is 2.64. The summed E-state index contributed by atoms with van der Waals surface area (Å²) in [5.74, 6) is 0. The van der Waals surface area contributed by atoms with E-state index in [1.54, 1.807) is 0 Å². The molecule has 0 amide bonds. The Morgan fingerprint density at radius 3 is 1.47 bits per heavy atom. The summed E-state index contributed by atoms with van der Waals surface area (Å²) in [5, 5.41) is 15.6. The lowest BCUT2D eigenvalue weighted by Gasteiger charge is -2.22. The van der Waals surface area contributed by atoms with Crippen molar-refractivity contribution in [3.05, 3.63) is 36.2 Å². The zero-order chi connectivity index (χ0) is 19.9. The highest BCUT2D eigenvalue weighted by molar-refractivity contribution is 5.14. The first-order valence-electron chi connectivity index (χ1n) is 12.4. The Morgan fingerprint density at radius 1 is 0.567 bits per heavy atom. The molecule has 6 unspecified atom stereocenters. The molecule has 164 valence electrons. The van der Waals surface area contributed by atoms with Gasteiger partial charge in [-0.3, -0.25) is 0 Å². The molecule has 4 N–H and O–H groups in total. The third kappa shape index (κ3) is 4.22. The number of nitrogens with zero attached hydrogens (tertiary/aromatic N) is 2. The van der Waals surface area contributed by atoms with Gasteiger partial charge in [-0.15, -0.1) is 0 Å². The number of hydrogen-bond donors (Lipinski definition) is 4. The molecule has 6 heteroatoms. The van der Waals surface area contributed by atoms with Gasteiger partial charge in [0.25, 0.3) is 0 Å². The van der Waals surface area contributed by atoms with Crippen LogP contribution >= 0.6 is 0 Å². The SMILES string of the molecule is C1=CN2C=C3CCC(CC4CCC(CC5CCC(CC6CCC(=CN1C2)N6)N5)N4)N3. The largest absolute Gasteiger partial charge is 0.384 e. The van der Waals surface area contributed by atoms with Gasteiger partial charge in [-0.1, -0.05) is 0 Å². The zero-order valence-electron chi connectivity index (χ0n) is 18.2. The van der Waals surface area contributed by atoms with Gasteiger partial charge in [0.1, 0.15) is 0 Å². The van der Waals surface area contributed by atoms with Crippen molar-refractivity contribution in [2.45, 2.75) is 107 Å². The minimum Gasteiger partial charge on any atom is -0.384 e. The van der Waals surface area contributed by atoms with Gasteiger partial charge in [-0.2, -0.15) is 0 Å². The fraction of sp³-hybridized carbons (Fsp3) is 0.750. The van der Waals surface area contributed by atoms with Crippen molar-refractivity contribution < 1.29 is 0 Å². The molecule has 0 aromatic carbocycles. The van der Waals surface area contributed by atoms with Gasteiger partial charge in [0.2, 0.25) is 0 Å². The molecule has 4 saturated heterocycles. The van der Waals surface area contributed by atoms with Crippen LogP contribution in [0.3, 0.4) is 0 Å². The van der Waals surface area contributed by atoms with E-state index < -0.39 is 0 Å². The molecule has 0 saturated carbocycles. The molecule has 10 bridgehead atoms. The Labute approximate surface area is 181 Å². The molecule has 0 spiro atoms. The first-order chi connectivity index (χ1) is 14.7. The second-order valence-electron chi connectivity index (χ2n) is 10.5. The summed E-state index contributed by atoms with van der Waals surface area (Å²) in [6, 6.07) is 4.10. The van der Waals surface area contributed by atoms with Crippen molar-refractivity contribution in [2.75, 3.05) is 6.67 Å². The van der Waals surface area contributed by atoms with Gasteiger partial charge in [-0.25, -0.2) is 0 Å². The normalized spacial score (nSPS) is 40.8. The fourth-order valence-electron chi connectivity index (χ4n) is 6.63. The van der Waals surface area contributed by atoms with E-state index in [9.17, 15) is 0 Å². The quantitative estimate of drug-likeness (QED) is 0.493. The van der Waals surface area contributed by atoms with Crippen molar-refractivity contribution >= 4 is 0 Å². The Balaban J connectivity index is 1.16. The van der Waals surface area contributed by atoms with Crippen molar-refractivity contribution in [1.29, 1.82) is 0 Å². The van der Waals surface area contributed by atoms with E-state index in [0.29, 0.717) is 36.3 Å². The smallest absolute Gasteiger partial charge is 0.0979 e. The van der Waals surface area contributed by atoms with Crippen molar-refractivity contribution in [2.24, 2.45) is 0 Å². The molecule has 6 atom stereocenters. The molecule has 0 radical (unpaired) electrons. The summed E-state index contributed by atoms with van der Waals surface area (Å²) in [6.45, 7) is 0.920. The van der Waals surface area contributed by atoms with Crippen LogP contribution in [0.4, 0.5) is 0 Å². The minimum atomic E-state index is 0.636. The topological polar surface area (TPSA) is 54.6 Å². The Bertz CT molecular complexity index is 671. The summed E-state index contributed by atoms with van der Waals surface area (Å²) < 4.78 is 0. The maximum atomic E-state index is 3.98. The Kier molecular flexibility index (Phi) is 5.16. The van der Waals surface area contributed by atoms with Crippen LogP contribution in [0.1, 0.15) is 70.6 Å². The van der Waals surface area contributed by atoms with Crippen LogP contribution in [0.15, 0.2) is 36.2 Å². The van der Waals surface area contributed by atoms with Gasteiger partial charge >= 0.3 is 0 Å². The third-order valence-electron chi connectivity index (χ3n) is 8.10. The molecule has 0 aromatic heterocycles. The van der Waals surface area contributed by atoms with Crippen LogP contribution in [0.2, 0.25) is 0 Å². The molecule has 0 aromatic rings. The summed E-state index contributed by atoms with van der Waals surface area (Å²) >= 11 is 0. The predicted molar refractivity (Wildman–Crippen MR) is 120 cm³/mol. The first kappa shape index (κ1) is 19.1.